The molecule has 3 rings (SSSR count). The minimum Gasteiger partial charge on any atom is -0.496 e. The van der Waals surface area contributed by atoms with E-state index in [2.05, 4.69) is 10.2 Å². The van der Waals surface area contributed by atoms with E-state index in [1.54, 1.807) is 13.2 Å². The molecular formula is C15H17FN2O3. The van der Waals surface area contributed by atoms with E-state index < -0.39 is 0 Å². The fraction of sp³-hybridized carbons (Fsp3) is 0.467. The Morgan fingerprint density at radius 2 is 2.29 bits per heavy atom. The van der Waals surface area contributed by atoms with Gasteiger partial charge in [0, 0.05) is 12.2 Å². The van der Waals surface area contributed by atoms with E-state index in [9.17, 15) is 4.39 Å². The second kappa shape index (κ2) is 6.22. The Morgan fingerprint density at radius 3 is 3.05 bits per heavy atom. The Balaban J connectivity index is 1.76. The first-order valence-electron chi connectivity index (χ1n) is 6.98. The van der Waals surface area contributed by atoms with E-state index in [4.69, 9.17) is 13.9 Å². The average molecular weight is 292 g/mol. The molecule has 6 heteroatoms. The molecule has 1 atom stereocenters. The van der Waals surface area contributed by atoms with Crippen molar-refractivity contribution in [3.05, 3.63) is 41.4 Å². The summed E-state index contributed by atoms with van der Waals surface area (Å²) in [5, 5.41) is 8.12. The number of halogens is 1. The van der Waals surface area contributed by atoms with Crippen molar-refractivity contribution in [1.82, 2.24) is 10.2 Å². The predicted octanol–water partition coefficient (Wildman–Crippen LogP) is 2.70. The topological polar surface area (TPSA) is 57.4 Å². The van der Waals surface area contributed by atoms with Gasteiger partial charge in [-0.25, -0.2) is 4.39 Å². The highest BCUT2D eigenvalue weighted by Crippen LogP contribution is 2.26. The van der Waals surface area contributed by atoms with Crippen molar-refractivity contribution in [1.29, 1.82) is 0 Å². The molecule has 0 saturated carbocycles. The molecule has 0 aliphatic carbocycles. The molecule has 1 fully saturated rings. The molecule has 1 unspecified atom stereocenters. The van der Waals surface area contributed by atoms with Crippen LogP contribution in [-0.2, 0) is 11.2 Å². The molecule has 21 heavy (non-hydrogen) atoms. The van der Waals surface area contributed by atoms with Crippen LogP contribution >= 0.6 is 0 Å². The van der Waals surface area contributed by atoms with Gasteiger partial charge < -0.3 is 13.9 Å². The van der Waals surface area contributed by atoms with Crippen molar-refractivity contribution in [2.45, 2.75) is 25.2 Å². The minimum atomic E-state index is -0.314. The van der Waals surface area contributed by atoms with Gasteiger partial charge in [0.1, 0.15) is 11.6 Å². The summed E-state index contributed by atoms with van der Waals surface area (Å²) in [5.41, 5.74) is 0.688. The van der Waals surface area contributed by atoms with Crippen LogP contribution in [0.3, 0.4) is 0 Å². The van der Waals surface area contributed by atoms with Crippen molar-refractivity contribution in [3.8, 4) is 5.75 Å². The van der Waals surface area contributed by atoms with Gasteiger partial charge in [-0.1, -0.05) is 0 Å². The highest BCUT2D eigenvalue weighted by Gasteiger charge is 2.22. The molecule has 1 aromatic carbocycles. The van der Waals surface area contributed by atoms with Gasteiger partial charge in [-0.3, -0.25) is 0 Å². The molecule has 5 nitrogen and oxygen atoms in total. The van der Waals surface area contributed by atoms with Crippen molar-refractivity contribution in [3.63, 3.8) is 0 Å². The lowest BCUT2D eigenvalue weighted by molar-refractivity contribution is 0.0722. The summed E-state index contributed by atoms with van der Waals surface area (Å²) in [7, 11) is 1.55. The highest BCUT2D eigenvalue weighted by molar-refractivity contribution is 5.35. The lowest BCUT2D eigenvalue weighted by atomic mass is 10.0. The van der Waals surface area contributed by atoms with Gasteiger partial charge in [-0.2, -0.15) is 0 Å². The standard InChI is InChI=1S/C15H17FN2O3/c1-19-13-5-4-12(16)7-11(13)8-14-17-18-15(21-14)10-3-2-6-20-9-10/h4-5,7,10H,2-3,6,8-9H2,1H3. The van der Waals surface area contributed by atoms with Gasteiger partial charge in [0.15, 0.2) is 0 Å². The molecular weight excluding hydrogens is 275 g/mol. The normalized spacial score (nSPS) is 18.7. The minimum absolute atomic E-state index is 0.161. The molecule has 0 amide bonds. The Morgan fingerprint density at radius 1 is 1.38 bits per heavy atom. The summed E-state index contributed by atoms with van der Waals surface area (Å²) < 4.78 is 29.7. The summed E-state index contributed by atoms with van der Waals surface area (Å²) >= 11 is 0. The van der Waals surface area contributed by atoms with Crippen LogP contribution in [-0.4, -0.2) is 30.5 Å². The van der Waals surface area contributed by atoms with Crippen molar-refractivity contribution >= 4 is 0 Å². The summed E-state index contributed by atoms with van der Waals surface area (Å²) in [6, 6.07) is 4.38. The maximum absolute atomic E-state index is 13.3. The van der Waals surface area contributed by atoms with E-state index in [1.807, 2.05) is 0 Å². The summed E-state index contributed by atoms with van der Waals surface area (Å²) in [5.74, 6) is 1.51. The molecule has 1 aliphatic heterocycles. The number of hydrogen-bond acceptors (Lipinski definition) is 5. The van der Waals surface area contributed by atoms with Crippen LogP contribution in [0.5, 0.6) is 5.75 Å². The van der Waals surface area contributed by atoms with Crippen LogP contribution in [0.4, 0.5) is 4.39 Å². The fourth-order valence-electron chi connectivity index (χ4n) is 2.49. The number of methoxy groups -OCH3 is 1. The lowest BCUT2D eigenvalue weighted by Crippen LogP contribution is -2.15. The predicted molar refractivity (Wildman–Crippen MR) is 72.9 cm³/mol. The van der Waals surface area contributed by atoms with Crippen LogP contribution < -0.4 is 4.74 Å². The molecule has 1 aliphatic rings. The Bertz CT molecular complexity index is 609. The SMILES string of the molecule is COc1ccc(F)cc1Cc1nnc(C2CCCOC2)o1. The number of rotatable bonds is 4. The van der Waals surface area contributed by atoms with Crippen LogP contribution in [0.2, 0.25) is 0 Å². The van der Waals surface area contributed by atoms with E-state index in [-0.39, 0.29) is 11.7 Å². The number of aromatic nitrogens is 2. The van der Waals surface area contributed by atoms with E-state index in [1.165, 1.54) is 12.1 Å². The molecule has 112 valence electrons. The summed E-state index contributed by atoms with van der Waals surface area (Å²) in [4.78, 5) is 0. The highest BCUT2D eigenvalue weighted by atomic mass is 19.1. The monoisotopic (exact) mass is 292 g/mol. The third kappa shape index (κ3) is 3.21. The Hall–Kier alpha value is -1.95. The van der Waals surface area contributed by atoms with Gasteiger partial charge in [0.2, 0.25) is 11.8 Å². The zero-order chi connectivity index (χ0) is 14.7. The Labute approximate surface area is 122 Å². The molecule has 2 heterocycles. The van der Waals surface area contributed by atoms with Crippen LogP contribution in [0, 0.1) is 5.82 Å². The molecule has 0 N–H and O–H groups in total. The van der Waals surface area contributed by atoms with Crippen molar-refractivity contribution < 1.29 is 18.3 Å². The first-order valence-corrected chi connectivity index (χ1v) is 6.98. The van der Waals surface area contributed by atoms with E-state index >= 15 is 0 Å². The lowest BCUT2D eigenvalue weighted by Gasteiger charge is -2.18. The van der Waals surface area contributed by atoms with E-state index in [0.717, 1.165) is 19.4 Å². The van der Waals surface area contributed by atoms with Gasteiger partial charge in [-0.05, 0) is 31.0 Å². The van der Waals surface area contributed by atoms with Gasteiger partial charge in [-0.15, -0.1) is 10.2 Å². The maximum Gasteiger partial charge on any atom is 0.221 e. The number of benzene rings is 1. The first kappa shape index (κ1) is 14.0. The number of ether oxygens (including phenoxy) is 2. The van der Waals surface area contributed by atoms with E-state index in [0.29, 0.717) is 36.1 Å². The number of hydrogen-bond donors (Lipinski definition) is 0. The quantitative estimate of drug-likeness (QED) is 0.867. The third-order valence-corrected chi connectivity index (χ3v) is 3.58. The molecule has 1 saturated heterocycles. The molecule has 0 radical (unpaired) electrons. The second-order valence-corrected chi connectivity index (χ2v) is 5.08. The van der Waals surface area contributed by atoms with Crippen molar-refractivity contribution in [2.75, 3.05) is 20.3 Å². The second-order valence-electron chi connectivity index (χ2n) is 5.08. The van der Waals surface area contributed by atoms with Crippen LogP contribution in [0.15, 0.2) is 22.6 Å². The first-order chi connectivity index (χ1) is 10.3. The van der Waals surface area contributed by atoms with Gasteiger partial charge in [0.05, 0.1) is 26.1 Å². The zero-order valence-corrected chi connectivity index (χ0v) is 11.8. The van der Waals surface area contributed by atoms with Crippen molar-refractivity contribution in [2.24, 2.45) is 0 Å². The third-order valence-electron chi connectivity index (χ3n) is 3.58. The van der Waals surface area contributed by atoms with Crippen LogP contribution in [0.25, 0.3) is 0 Å². The Kier molecular flexibility index (Phi) is 4.15. The van der Waals surface area contributed by atoms with Gasteiger partial charge >= 0.3 is 0 Å². The summed E-state index contributed by atoms with van der Waals surface area (Å²) in [6.45, 7) is 1.41. The zero-order valence-electron chi connectivity index (χ0n) is 11.8. The van der Waals surface area contributed by atoms with Crippen LogP contribution in [0.1, 0.15) is 36.1 Å². The molecule has 2 aromatic rings. The molecule has 0 bridgehead atoms. The smallest absolute Gasteiger partial charge is 0.221 e. The maximum atomic E-state index is 13.3. The fourth-order valence-corrected chi connectivity index (χ4v) is 2.49. The summed E-state index contributed by atoms with van der Waals surface area (Å²) in [6.07, 6.45) is 2.34. The largest absolute Gasteiger partial charge is 0.496 e. The molecule has 1 aromatic heterocycles. The average Bonchev–Trinajstić information content (AvgIpc) is 2.97. The number of nitrogens with zero attached hydrogens (tertiary/aromatic N) is 2. The molecule has 0 spiro atoms. The van der Waals surface area contributed by atoms with Gasteiger partial charge in [0.25, 0.3) is 0 Å².